The number of urea groups is 1. The molecule has 0 radical (unpaired) electrons. The van der Waals surface area contributed by atoms with Gasteiger partial charge in [0.1, 0.15) is 5.76 Å². The van der Waals surface area contributed by atoms with Gasteiger partial charge in [0, 0.05) is 16.0 Å². The quantitative estimate of drug-likeness (QED) is 0.733. The van der Waals surface area contributed by atoms with Gasteiger partial charge in [-0.05, 0) is 29.8 Å². The van der Waals surface area contributed by atoms with Crippen molar-refractivity contribution in [1.82, 2.24) is 10.6 Å². The number of carboxylic acid groups (broad SMARTS) is 1. The second kappa shape index (κ2) is 7.33. The Labute approximate surface area is 139 Å². The van der Waals surface area contributed by atoms with Crippen LogP contribution in [0.2, 0.25) is 5.02 Å². The summed E-state index contributed by atoms with van der Waals surface area (Å²) in [6.45, 7) is 0.365. The summed E-state index contributed by atoms with van der Waals surface area (Å²) in [4.78, 5) is 22.3. The Morgan fingerprint density at radius 3 is 2.55 bits per heavy atom. The summed E-state index contributed by atoms with van der Waals surface area (Å²) in [6.07, 6.45) is 0. The standard InChI is InChI=1S/C14H12BrClN2O4/c15-9-2-1-8(11(16)5-9)6-17-14(21)18-7-10-3-4-12(22-10)13(19)20/h1-5H,6-7H2,(H,19,20)(H2,17,18,21). The van der Waals surface area contributed by atoms with Crippen molar-refractivity contribution in [2.45, 2.75) is 13.1 Å². The summed E-state index contributed by atoms with van der Waals surface area (Å²) in [5, 5.41) is 14.5. The minimum Gasteiger partial charge on any atom is -0.475 e. The second-order valence-electron chi connectivity index (χ2n) is 4.34. The van der Waals surface area contributed by atoms with Gasteiger partial charge in [0.15, 0.2) is 0 Å². The molecule has 1 aromatic heterocycles. The Bertz CT molecular complexity index is 702. The molecule has 1 heterocycles. The normalized spacial score (nSPS) is 10.3. The highest BCUT2D eigenvalue weighted by Gasteiger charge is 2.10. The third-order valence-corrected chi connectivity index (χ3v) is 3.60. The van der Waals surface area contributed by atoms with Crippen LogP contribution in [0.5, 0.6) is 0 Å². The number of hydrogen-bond acceptors (Lipinski definition) is 3. The van der Waals surface area contributed by atoms with E-state index in [1.54, 1.807) is 12.1 Å². The summed E-state index contributed by atoms with van der Waals surface area (Å²) in [5.41, 5.74) is 0.783. The number of aromatic carboxylic acids is 1. The van der Waals surface area contributed by atoms with E-state index in [0.717, 1.165) is 10.0 Å². The lowest BCUT2D eigenvalue weighted by atomic mass is 10.2. The fourth-order valence-corrected chi connectivity index (χ4v) is 2.40. The molecule has 2 aromatic rings. The van der Waals surface area contributed by atoms with E-state index in [-0.39, 0.29) is 18.8 Å². The molecule has 2 amide bonds. The molecule has 0 fully saturated rings. The Morgan fingerprint density at radius 1 is 1.18 bits per heavy atom. The van der Waals surface area contributed by atoms with Crippen LogP contribution in [0.25, 0.3) is 0 Å². The predicted molar refractivity (Wildman–Crippen MR) is 83.9 cm³/mol. The lowest BCUT2D eigenvalue weighted by Crippen LogP contribution is -2.34. The van der Waals surface area contributed by atoms with Crippen LogP contribution >= 0.6 is 27.5 Å². The molecule has 6 nitrogen and oxygen atoms in total. The van der Waals surface area contributed by atoms with Gasteiger partial charge in [-0.15, -0.1) is 0 Å². The van der Waals surface area contributed by atoms with Crippen molar-refractivity contribution in [3.05, 3.63) is 56.9 Å². The van der Waals surface area contributed by atoms with Gasteiger partial charge >= 0.3 is 12.0 Å². The molecular formula is C14H12BrClN2O4. The number of carbonyl (C=O) groups is 2. The molecule has 0 aliphatic carbocycles. The highest BCUT2D eigenvalue weighted by Crippen LogP contribution is 2.21. The summed E-state index contributed by atoms with van der Waals surface area (Å²) in [6, 6.07) is 7.79. The average Bonchev–Trinajstić information content (AvgIpc) is 2.93. The van der Waals surface area contributed by atoms with Crippen molar-refractivity contribution in [2.24, 2.45) is 0 Å². The monoisotopic (exact) mass is 386 g/mol. The summed E-state index contributed by atoms with van der Waals surface area (Å²) in [5.74, 6) is -0.964. The van der Waals surface area contributed by atoms with Crippen molar-refractivity contribution in [2.75, 3.05) is 0 Å². The molecule has 2 rings (SSSR count). The first kappa shape index (κ1) is 16.4. The minimum absolute atomic E-state index is 0.0905. The molecule has 0 saturated carbocycles. The molecule has 8 heteroatoms. The number of rotatable bonds is 5. The van der Waals surface area contributed by atoms with Crippen LogP contribution in [0.1, 0.15) is 21.9 Å². The molecule has 1 aromatic carbocycles. The van der Waals surface area contributed by atoms with Gasteiger partial charge in [0.25, 0.3) is 0 Å². The number of carbonyl (C=O) groups excluding carboxylic acids is 1. The van der Waals surface area contributed by atoms with Crippen LogP contribution in [0, 0.1) is 0 Å². The first-order chi connectivity index (χ1) is 10.5. The van der Waals surface area contributed by atoms with E-state index in [2.05, 4.69) is 26.6 Å². The highest BCUT2D eigenvalue weighted by atomic mass is 79.9. The van der Waals surface area contributed by atoms with Crippen LogP contribution in [0.15, 0.2) is 39.2 Å². The molecule has 0 spiro atoms. The summed E-state index contributed by atoms with van der Waals surface area (Å²) >= 11 is 9.35. The van der Waals surface area contributed by atoms with Crippen molar-refractivity contribution in [3.8, 4) is 0 Å². The number of carboxylic acids is 1. The molecule has 3 N–H and O–H groups in total. The van der Waals surface area contributed by atoms with E-state index in [0.29, 0.717) is 10.8 Å². The van der Waals surface area contributed by atoms with Crippen LogP contribution in [0.4, 0.5) is 4.79 Å². The van der Waals surface area contributed by atoms with E-state index >= 15 is 0 Å². The topological polar surface area (TPSA) is 91.6 Å². The number of hydrogen-bond donors (Lipinski definition) is 3. The van der Waals surface area contributed by atoms with E-state index in [1.165, 1.54) is 12.1 Å². The number of nitrogens with one attached hydrogen (secondary N) is 2. The maximum absolute atomic E-state index is 11.7. The molecule has 0 aliphatic rings. The van der Waals surface area contributed by atoms with Gasteiger partial charge < -0.3 is 20.2 Å². The van der Waals surface area contributed by atoms with Crippen molar-refractivity contribution < 1.29 is 19.1 Å². The molecule has 0 atom stereocenters. The largest absolute Gasteiger partial charge is 0.475 e. The molecule has 0 aliphatic heterocycles. The maximum Gasteiger partial charge on any atom is 0.371 e. The molecular weight excluding hydrogens is 376 g/mol. The van der Waals surface area contributed by atoms with Gasteiger partial charge in [0.05, 0.1) is 6.54 Å². The second-order valence-corrected chi connectivity index (χ2v) is 5.67. The lowest BCUT2D eigenvalue weighted by molar-refractivity contribution is 0.0660. The first-order valence-electron chi connectivity index (χ1n) is 6.23. The molecule has 0 bridgehead atoms. The fourth-order valence-electron chi connectivity index (χ4n) is 1.66. The molecule has 0 saturated heterocycles. The Balaban J connectivity index is 1.81. The number of halogens is 2. The third kappa shape index (κ3) is 4.51. The number of benzene rings is 1. The van der Waals surface area contributed by atoms with E-state index in [9.17, 15) is 9.59 Å². The zero-order valence-electron chi connectivity index (χ0n) is 11.2. The molecule has 22 heavy (non-hydrogen) atoms. The Hall–Kier alpha value is -1.99. The fraction of sp³-hybridized carbons (Fsp3) is 0.143. The molecule has 116 valence electrons. The van der Waals surface area contributed by atoms with E-state index in [4.69, 9.17) is 21.1 Å². The Morgan fingerprint density at radius 2 is 1.91 bits per heavy atom. The number of amides is 2. The first-order valence-corrected chi connectivity index (χ1v) is 7.40. The van der Waals surface area contributed by atoms with Crippen molar-refractivity contribution in [3.63, 3.8) is 0 Å². The van der Waals surface area contributed by atoms with Crippen LogP contribution in [0.3, 0.4) is 0 Å². The highest BCUT2D eigenvalue weighted by molar-refractivity contribution is 9.10. The van der Waals surface area contributed by atoms with Gasteiger partial charge in [-0.25, -0.2) is 9.59 Å². The maximum atomic E-state index is 11.7. The zero-order valence-corrected chi connectivity index (χ0v) is 13.6. The zero-order chi connectivity index (χ0) is 16.1. The van der Waals surface area contributed by atoms with Gasteiger partial charge in [-0.1, -0.05) is 33.6 Å². The van der Waals surface area contributed by atoms with Crippen LogP contribution in [-0.2, 0) is 13.1 Å². The average molecular weight is 388 g/mol. The van der Waals surface area contributed by atoms with Gasteiger partial charge in [0.2, 0.25) is 5.76 Å². The van der Waals surface area contributed by atoms with E-state index < -0.39 is 12.0 Å². The van der Waals surface area contributed by atoms with Crippen LogP contribution in [-0.4, -0.2) is 17.1 Å². The SMILES string of the molecule is O=C(NCc1ccc(C(=O)O)o1)NCc1ccc(Br)cc1Cl. The number of furan rings is 1. The van der Waals surface area contributed by atoms with Crippen molar-refractivity contribution >= 4 is 39.5 Å². The lowest BCUT2D eigenvalue weighted by Gasteiger charge is -2.08. The van der Waals surface area contributed by atoms with E-state index in [1.807, 2.05) is 6.07 Å². The molecule has 0 unspecified atom stereocenters. The predicted octanol–water partition coefficient (Wildman–Crippen LogP) is 3.39. The van der Waals surface area contributed by atoms with Gasteiger partial charge in [-0.2, -0.15) is 0 Å². The van der Waals surface area contributed by atoms with Crippen LogP contribution < -0.4 is 10.6 Å². The third-order valence-electron chi connectivity index (χ3n) is 2.75. The smallest absolute Gasteiger partial charge is 0.371 e. The summed E-state index contributed by atoms with van der Waals surface area (Å²) < 4.78 is 5.88. The Kier molecular flexibility index (Phi) is 5.46. The van der Waals surface area contributed by atoms with Crippen molar-refractivity contribution in [1.29, 1.82) is 0 Å². The van der Waals surface area contributed by atoms with Gasteiger partial charge in [-0.3, -0.25) is 0 Å². The summed E-state index contributed by atoms with van der Waals surface area (Å²) in [7, 11) is 0. The minimum atomic E-state index is -1.15.